The summed E-state index contributed by atoms with van der Waals surface area (Å²) in [5.41, 5.74) is -0.506. The molecule has 1 heterocycles. The Labute approximate surface area is 58.9 Å². The molecule has 0 aromatic rings. The quantitative estimate of drug-likeness (QED) is 0.352. The molecule has 0 unspecified atom stereocenters. The number of rotatable bonds is 0. The normalized spacial score (nSPS) is 58.1. The summed E-state index contributed by atoms with van der Waals surface area (Å²) in [6, 6.07) is 0. The average Bonchev–Trinajstić information content (AvgIpc) is 2.56. The van der Waals surface area contributed by atoms with Gasteiger partial charge in [0.2, 0.25) is 0 Å². The number of hydrogen-bond acceptors (Lipinski definition) is 3. The highest BCUT2D eigenvalue weighted by Gasteiger charge is 2.61. The summed E-state index contributed by atoms with van der Waals surface area (Å²) in [6.07, 6.45) is 1.87. The maximum absolute atomic E-state index is 9.27. The molecule has 1 aliphatic carbocycles. The van der Waals surface area contributed by atoms with Crippen LogP contribution in [0.4, 0.5) is 0 Å². The van der Waals surface area contributed by atoms with Gasteiger partial charge in [0, 0.05) is 0 Å². The maximum atomic E-state index is 9.27. The number of hydrogen-bond donors (Lipinski definition) is 2. The molecule has 1 saturated heterocycles. The summed E-state index contributed by atoms with van der Waals surface area (Å²) in [6.45, 7) is 1.80. The van der Waals surface area contributed by atoms with Gasteiger partial charge in [-0.1, -0.05) is 12.2 Å². The largest absolute Gasteiger partial charge is 0.386 e. The number of epoxide rings is 1. The fraction of sp³-hybridized carbons (Fsp3) is 0.714. The van der Waals surface area contributed by atoms with Gasteiger partial charge in [0.1, 0.15) is 23.9 Å². The highest BCUT2D eigenvalue weighted by atomic mass is 16.6. The summed E-state index contributed by atoms with van der Waals surface area (Å²) >= 11 is 0. The van der Waals surface area contributed by atoms with Crippen LogP contribution in [0, 0.1) is 0 Å². The lowest BCUT2D eigenvalue weighted by Gasteiger charge is -2.16. The molecule has 56 valence electrons. The zero-order valence-electron chi connectivity index (χ0n) is 5.69. The van der Waals surface area contributed by atoms with E-state index >= 15 is 0 Å². The van der Waals surface area contributed by atoms with Crippen molar-refractivity contribution in [1.82, 2.24) is 0 Å². The third kappa shape index (κ3) is 0.599. The summed E-state index contributed by atoms with van der Waals surface area (Å²) in [5, 5.41) is 18.5. The van der Waals surface area contributed by atoms with Crippen molar-refractivity contribution in [3.63, 3.8) is 0 Å². The van der Waals surface area contributed by atoms with Crippen LogP contribution in [0.3, 0.4) is 0 Å². The lowest BCUT2D eigenvalue weighted by atomic mass is 9.92. The molecule has 3 heteroatoms. The Bertz CT molecular complexity index is 189. The van der Waals surface area contributed by atoms with Crippen LogP contribution in [0.1, 0.15) is 6.92 Å². The Morgan fingerprint density at radius 1 is 1.40 bits per heavy atom. The smallest absolute Gasteiger partial charge is 0.124 e. The number of aliphatic hydroxyl groups is 2. The van der Waals surface area contributed by atoms with E-state index in [2.05, 4.69) is 0 Å². The van der Waals surface area contributed by atoms with E-state index in [1.807, 2.05) is 0 Å². The SMILES string of the molecule is C[C@@]12O[C@@H]1[C@@H](O)C=C[C@@H]2O. The molecule has 3 nitrogen and oxygen atoms in total. The highest BCUT2D eigenvalue weighted by molar-refractivity contribution is 5.22. The summed E-state index contributed by atoms with van der Waals surface area (Å²) in [7, 11) is 0. The minimum atomic E-state index is -0.555. The Balaban J connectivity index is 2.25. The van der Waals surface area contributed by atoms with E-state index in [1.54, 1.807) is 19.1 Å². The Morgan fingerprint density at radius 3 is 2.70 bits per heavy atom. The summed E-state index contributed by atoms with van der Waals surface area (Å²) in [5.74, 6) is 0. The Morgan fingerprint density at radius 2 is 2.10 bits per heavy atom. The van der Waals surface area contributed by atoms with Crippen molar-refractivity contribution in [3.8, 4) is 0 Å². The van der Waals surface area contributed by atoms with E-state index in [4.69, 9.17) is 4.74 Å². The van der Waals surface area contributed by atoms with Crippen molar-refractivity contribution in [2.45, 2.75) is 30.8 Å². The van der Waals surface area contributed by atoms with E-state index in [1.165, 1.54) is 0 Å². The zero-order chi connectivity index (χ0) is 7.35. The fourth-order valence-corrected chi connectivity index (χ4v) is 1.40. The van der Waals surface area contributed by atoms with Crippen LogP contribution in [0.2, 0.25) is 0 Å². The summed E-state index contributed by atoms with van der Waals surface area (Å²) in [4.78, 5) is 0. The molecule has 1 aliphatic heterocycles. The van der Waals surface area contributed by atoms with Crippen LogP contribution in [-0.2, 0) is 4.74 Å². The molecule has 0 saturated carbocycles. The molecule has 2 N–H and O–H groups in total. The van der Waals surface area contributed by atoms with Crippen LogP contribution in [0.25, 0.3) is 0 Å². The second-order valence-corrected chi connectivity index (χ2v) is 3.04. The lowest BCUT2D eigenvalue weighted by Crippen LogP contribution is -2.35. The average molecular weight is 142 g/mol. The summed E-state index contributed by atoms with van der Waals surface area (Å²) < 4.78 is 5.13. The Hall–Kier alpha value is -0.380. The molecule has 10 heavy (non-hydrogen) atoms. The second kappa shape index (κ2) is 1.61. The first-order valence-corrected chi connectivity index (χ1v) is 3.37. The molecule has 4 atom stereocenters. The van der Waals surface area contributed by atoms with E-state index in [0.29, 0.717) is 0 Å². The van der Waals surface area contributed by atoms with Crippen molar-refractivity contribution >= 4 is 0 Å². The predicted molar refractivity (Wildman–Crippen MR) is 34.4 cm³/mol. The van der Waals surface area contributed by atoms with E-state index < -0.39 is 17.8 Å². The lowest BCUT2D eigenvalue weighted by molar-refractivity contribution is 0.122. The first-order chi connectivity index (χ1) is 4.64. The van der Waals surface area contributed by atoms with Gasteiger partial charge in [-0.3, -0.25) is 0 Å². The molecular formula is C7H10O3. The minimum absolute atomic E-state index is 0.188. The third-order valence-corrected chi connectivity index (χ3v) is 2.28. The second-order valence-electron chi connectivity index (χ2n) is 3.04. The molecule has 2 rings (SSSR count). The maximum Gasteiger partial charge on any atom is 0.124 e. The van der Waals surface area contributed by atoms with Gasteiger partial charge in [0.25, 0.3) is 0 Å². The predicted octanol–water partition coefficient (Wildman–Crippen LogP) is -0.565. The number of ether oxygens (including phenoxy) is 1. The van der Waals surface area contributed by atoms with Crippen molar-refractivity contribution < 1.29 is 14.9 Å². The molecule has 0 spiro atoms. The van der Waals surface area contributed by atoms with Gasteiger partial charge in [-0.15, -0.1) is 0 Å². The van der Waals surface area contributed by atoms with E-state index in [-0.39, 0.29) is 6.10 Å². The van der Waals surface area contributed by atoms with Crippen LogP contribution in [-0.4, -0.2) is 34.1 Å². The standard InChI is InChI=1S/C7H10O3/c1-7-5(9)3-2-4(8)6(7)10-7/h2-6,8-9H,1H3/t4-,5-,6+,7-/m0/s1. The topological polar surface area (TPSA) is 53.0 Å². The van der Waals surface area contributed by atoms with Gasteiger partial charge in [0.15, 0.2) is 0 Å². The van der Waals surface area contributed by atoms with Gasteiger partial charge in [-0.2, -0.15) is 0 Å². The van der Waals surface area contributed by atoms with Crippen molar-refractivity contribution in [2.75, 3.05) is 0 Å². The highest BCUT2D eigenvalue weighted by Crippen LogP contribution is 2.44. The first-order valence-electron chi connectivity index (χ1n) is 3.37. The molecule has 2 aliphatic rings. The van der Waals surface area contributed by atoms with Gasteiger partial charge >= 0.3 is 0 Å². The molecule has 0 aromatic carbocycles. The third-order valence-electron chi connectivity index (χ3n) is 2.28. The molecule has 0 bridgehead atoms. The molecular weight excluding hydrogens is 132 g/mol. The van der Waals surface area contributed by atoms with Gasteiger partial charge in [-0.05, 0) is 6.92 Å². The van der Waals surface area contributed by atoms with Gasteiger partial charge in [0.05, 0.1) is 0 Å². The van der Waals surface area contributed by atoms with Crippen molar-refractivity contribution in [2.24, 2.45) is 0 Å². The fourth-order valence-electron chi connectivity index (χ4n) is 1.40. The van der Waals surface area contributed by atoms with Crippen molar-refractivity contribution in [1.29, 1.82) is 0 Å². The van der Waals surface area contributed by atoms with Crippen LogP contribution in [0.15, 0.2) is 12.2 Å². The molecule has 0 radical (unpaired) electrons. The Kier molecular flexibility index (Phi) is 1.02. The van der Waals surface area contributed by atoms with Gasteiger partial charge < -0.3 is 14.9 Å². The van der Waals surface area contributed by atoms with Crippen LogP contribution >= 0.6 is 0 Å². The van der Waals surface area contributed by atoms with E-state index in [9.17, 15) is 10.2 Å². The van der Waals surface area contributed by atoms with E-state index in [0.717, 1.165) is 0 Å². The number of fused-ring (bicyclic) bond motifs is 1. The van der Waals surface area contributed by atoms with Crippen LogP contribution in [0.5, 0.6) is 0 Å². The van der Waals surface area contributed by atoms with Crippen LogP contribution < -0.4 is 0 Å². The zero-order valence-corrected chi connectivity index (χ0v) is 5.69. The monoisotopic (exact) mass is 142 g/mol. The van der Waals surface area contributed by atoms with Crippen molar-refractivity contribution in [3.05, 3.63) is 12.2 Å². The molecule has 0 aromatic heterocycles. The minimum Gasteiger partial charge on any atom is -0.386 e. The molecule has 0 amide bonds. The molecule has 1 fully saturated rings. The van der Waals surface area contributed by atoms with Gasteiger partial charge in [-0.25, -0.2) is 0 Å². The first kappa shape index (κ1) is 6.34. The number of aliphatic hydroxyl groups excluding tert-OH is 2.